The lowest BCUT2D eigenvalue weighted by molar-refractivity contribution is -0.127. The summed E-state index contributed by atoms with van der Waals surface area (Å²) in [4.78, 5) is 59.2. The number of methoxy groups -OCH3 is 1. The summed E-state index contributed by atoms with van der Waals surface area (Å²) in [5.74, 6) is -0.100. The van der Waals surface area contributed by atoms with Crippen LogP contribution < -0.4 is 10.1 Å². The molecule has 3 heterocycles. The van der Waals surface area contributed by atoms with Gasteiger partial charge in [0.05, 0.1) is 30.1 Å². The van der Waals surface area contributed by atoms with Gasteiger partial charge in [-0.1, -0.05) is 48.6 Å². The van der Waals surface area contributed by atoms with Crippen molar-refractivity contribution in [3.8, 4) is 17.1 Å². The van der Waals surface area contributed by atoms with Crippen LogP contribution in [0.1, 0.15) is 49.3 Å². The number of carbonyl (C=O) groups is 4. The summed E-state index contributed by atoms with van der Waals surface area (Å²) in [6.07, 6.45) is 6.14. The van der Waals surface area contributed by atoms with E-state index in [2.05, 4.69) is 10.3 Å². The van der Waals surface area contributed by atoms with Crippen LogP contribution in [0.4, 0.5) is 0 Å². The molecule has 1 aliphatic rings. The number of hydrogen-bond acceptors (Lipinski definition) is 6. The molecule has 10 heteroatoms. The number of Topliss-reactive ketones (excluding diaryl/α,β-unsaturated/α-hetero) is 1. The van der Waals surface area contributed by atoms with Crippen molar-refractivity contribution < 1.29 is 28.3 Å². The molecule has 0 unspecified atom stereocenters. The van der Waals surface area contributed by atoms with Crippen molar-refractivity contribution in [1.82, 2.24) is 20.1 Å². The van der Waals surface area contributed by atoms with Crippen LogP contribution in [0.2, 0.25) is 0 Å². The van der Waals surface area contributed by atoms with Crippen molar-refractivity contribution in [3.05, 3.63) is 125 Å². The van der Waals surface area contributed by atoms with Gasteiger partial charge in [-0.25, -0.2) is 0 Å². The molecule has 244 valence electrons. The maximum absolute atomic E-state index is 13.6. The summed E-state index contributed by atoms with van der Waals surface area (Å²) in [6.45, 7) is 3.29. The molecule has 2 aromatic heterocycles. The van der Waals surface area contributed by atoms with Gasteiger partial charge in [0.1, 0.15) is 17.3 Å². The number of ketones is 1. The normalized spacial score (nSPS) is 13.2. The highest BCUT2D eigenvalue weighted by atomic mass is 16.5. The van der Waals surface area contributed by atoms with Gasteiger partial charge in [-0.2, -0.15) is 0 Å². The number of H-pyrrole nitrogens is 1. The average Bonchev–Trinajstić information content (AvgIpc) is 3.80. The summed E-state index contributed by atoms with van der Waals surface area (Å²) in [6, 6.07) is 23.6. The number of fused-ring (bicyclic) bond motifs is 1. The van der Waals surface area contributed by atoms with Crippen LogP contribution in [-0.4, -0.2) is 71.6 Å². The number of piperazine rings is 1. The highest BCUT2D eigenvalue weighted by molar-refractivity contribution is 6.45. The number of rotatable bonds is 10. The van der Waals surface area contributed by atoms with Gasteiger partial charge in [0.25, 0.3) is 23.5 Å². The number of nitrogens with one attached hydrogen (secondary N) is 2. The molecule has 0 saturated carbocycles. The monoisotopic (exact) mass is 644 g/mol. The summed E-state index contributed by atoms with van der Waals surface area (Å²) in [5.41, 5.74) is 3.56. The minimum atomic E-state index is -0.669. The molecule has 0 bridgehead atoms. The highest BCUT2D eigenvalue weighted by Gasteiger charge is 2.31. The summed E-state index contributed by atoms with van der Waals surface area (Å²) >= 11 is 0. The van der Waals surface area contributed by atoms with Crippen LogP contribution in [0.3, 0.4) is 0 Å². The third-order valence-corrected chi connectivity index (χ3v) is 8.52. The average molecular weight is 645 g/mol. The molecule has 0 atom stereocenters. The van der Waals surface area contributed by atoms with Gasteiger partial charge in [-0.15, -0.1) is 0 Å². The summed E-state index contributed by atoms with van der Waals surface area (Å²) < 4.78 is 11.7. The first-order valence-corrected chi connectivity index (χ1v) is 15.8. The Hall–Kier alpha value is -5.90. The summed E-state index contributed by atoms with van der Waals surface area (Å²) in [7, 11) is 1.50. The van der Waals surface area contributed by atoms with Gasteiger partial charge in [-0.05, 0) is 61.4 Å². The molecule has 3 amide bonds. The van der Waals surface area contributed by atoms with E-state index in [1.807, 2.05) is 61.5 Å². The molecule has 1 aliphatic heterocycles. The van der Waals surface area contributed by atoms with Crippen LogP contribution >= 0.6 is 0 Å². The van der Waals surface area contributed by atoms with Crippen molar-refractivity contribution in [3.63, 3.8) is 0 Å². The second-order valence-electron chi connectivity index (χ2n) is 11.4. The Kier molecular flexibility index (Phi) is 9.52. The first kappa shape index (κ1) is 32.1. The molecule has 2 N–H and O–H groups in total. The van der Waals surface area contributed by atoms with E-state index in [1.165, 1.54) is 18.2 Å². The predicted octanol–water partition coefficient (Wildman–Crippen LogP) is 5.65. The lowest BCUT2D eigenvalue weighted by Crippen LogP contribution is -2.52. The largest absolute Gasteiger partial charge is 0.496 e. The van der Waals surface area contributed by atoms with Gasteiger partial charge < -0.3 is 29.3 Å². The molecule has 0 spiro atoms. The van der Waals surface area contributed by atoms with Crippen LogP contribution in [0.15, 0.2) is 102 Å². The van der Waals surface area contributed by atoms with E-state index < -0.39 is 11.7 Å². The van der Waals surface area contributed by atoms with E-state index in [9.17, 15) is 19.2 Å². The molecule has 1 saturated heterocycles. The van der Waals surface area contributed by atoms with Crippen molar-refractivity contribution in [2.75, 3.05) is 33.3 Å². The summed E-state index contributed by atoms with van der Waals surface area (Å²) in [5, 5.41) is 3.41. The second-order valence-corrected chi connectivity index (χ2v) is 11.4. The highest BCUT2D eigenvalue weighted by Crippen LogP contribution is 2.37. The van der Waals surface area contributed by atoms with Gasteiger partial charge in [0, 0.05) is 49.1 Å². The molecule has 48 heavy (non-hydrogen) atoms. The minimum absolute atomic E-state index is 0.100. The Morgan fingerprint density at radius 1 is 0.875 bits per heavy atom. The van der Waals surface area contributed by atoms with Crippen molar-refractivity contribution >= 4 is 34.4 Å². The van der Waals surface area contributed by atoms with Crippen LogP contribution in [0.25, 0.3) is 22.2 Å². The maximum atomic E-state index is 13.6. The number of ether oxygens (including phenoxy) is 1. The van der Waals surface area contributed by atoms with Crippen LogP contribution in [-0.2, 0) is 17.8 Å². The van der Waals surface area contributed by atoms with Gasteiger partial charge in [0.2, 0.25) is 0 Å². The zero-order valence-corrected chi connectivity index (χ0v) is 26.8. The molecule has 5 aromatic rings. The van der Waals surface area contributed by atoms with E-state index in [4.69, 9.17) is 9.15 Å². The fourth-order valence-electron chi connectivity index (χ4n) is 5.95. The van der Waals surface area contributed by atoms with E-state index >= 15 is 0 Å². The number of hydrogen-bond donors (Lipinski definition) is 2. The lowest BCUT2D eigenvalue weighted by atomic mass is 10.0. The fourth-order valence-corrected chi connectivity index (χ4v) is 5.95. The first-order chi connectivity index (χ1) is 23.4. The Labute approximate surface area is 278 Å². The van der Waals surface area contributed by atoms with Gasteiger partial charge in [-0.3, -0.25) is 19.2 Å². The molecule has 0 radical (unpaired) electrons. The third kappa shape index (κ3) is 6.50. The van der Waals surface area contributed by atoms with Crippen LogP contribution in [0, 0.1) is 0 Å². The fraction of sp³-hybridized carbons (Fsp3) is 0.211. The lowest BCUT2D eigenvalue weighted by Gasteiger charge is -2.34. The van der Waals surface area contributed by atoms with E-state index in [-0.39, 0.29) is 37.0 Å². The molecule has 3 aromatic carbocycles. The standard InChI is InChI=1S/C38H36N4O6/c1-3-4-10-25-11-8-9-14-28(25)36(44)40-23-27-15-17-31(48-27)29-16-18-32(47-2)33-30(24-39-34(29)33)35(43)38(46)42-21-19-41(20-22-42)37(45)26-12-6-5-7-13-26/h3-9,11-18,24,39H,10,19-23H2,1-2H3,(H,40,44)/b4-3-. The molecule has 0 aliphatic carbocycles. The van der Waals surface area contributed by atoms with E-state index in [0.717, 1.165) is 5.56 Å². The third-order valence-electron chi connectivity index (χ3n) is 8.52. The SMILES string of the molecule is C/C=C\Cc1ccccc1C(=O)NCc1ccc(-c2ccc(OC)c3c(C(=O)C(=O)N4CCN(C(=O)c5ccccc5)CC4)c[nH]c23)o1. The Balaban J connectivity index is 1.16. The second kappa shape index (κ2) is 14.3. The number of allylic oxidation sites excluding steroid dienone is 2. The molecule has 6 rings (SSSR count). The number of carbonyl (C=O) groups excluding carboxylic acids is 4. The molecular formula is C38H36N4O6. The van der Waals surface area contributed by atoms with Crippen LogP contribution in [0.5, 0.6) is 5.75 Å². The quantitative estimate of drug-likeness (QED) is 0.115. The van der Waals surface area contributed by atoms with E-state index in [1.54, 1.807) is 41.3 Å². The van der Waals surface area contributed by atoms with Crippen molar-refractivity contribution in [2.45, 2.75) is 19.9 Å². The molecular weight excluding hydrogens is 608 g/mol. The van der Waals surface area contributed by atoms with Crippen molar-refractivity contribution in [2.24, 2.45) is 0 Å². The first-order valence-electron chi connectivity index (χ1n) is 15.8. The zero-order valence-electron chi connectivity index (χ0n) is 26.8. The van der Waals surface area contributed by atoms with Gasteiger partial charge >= 0.3 is 0 Å². The smallest absolute Gasteiger partial charge is 0.295 e. The Bertz CT molecular complexity index is 2000. The number of nitrogens with zero attached hydrogens (tertiary/aromatic N) is 2. The molecule has 1 fully saturated rings. The van der Waals surface area contributed by atoms with Gasteiger partial charge in [0.15, 0.2) is 0 Å². The van der Waals surface area contributed by atoms with E-state index in [0.29, 0.717) is 64.4 Å². The minimum Gasteiger partial charge on any atom is -0.496 e. The number of benzene rings is 3. The number of aromatic nitrogens is 1. The molecule has 10 nitrogen and oxygen atoms in total. The predicted molar refractivity (Wildman–Crippen MR) is 182 cm³/mol. The zero-order chi connectivity index (χ0) is 33.6. The number of furan rings is 1. The topological polar surface area (TPSA) is 125 Å². The number of amides is 3. The Morgan fingerprint density at radius 3 is 2.35 bits per heavy atom. The Morgan fingerprint density at radius 2 is 1.60 bits per heavy atom. The van der Waals surface area contributed by atoms with Crippen molar-refractivity contribution in [1.29, 1.82) is 0 Å². The maximum Gasteiger partial charge on any atom is 0.295 e. The number of aromatic amines is 1.